The van der Waals surface area contributed by atoms with E-state index in [1.165, 1.54) is 17.0 Å². The lowest BCUT2D eigenvalue weighted by atomic mass is 10.2. The van der Waals surface area contributed by atoms with Crippen LogP contribution in [0, 0.1) is 0 Å². The predicted octanol–water partition coefficient (Wildman–Crippen LogP) is 0.503. The monoisotopic (exact) mass is 327 g/mol. The lowest BCUT2D eigenvalue weighted by molar-refractivity contribution is 0.0694. The number of pyridine rings is 2. The van der Waals surface area contributed by atoms with Crippen molar-refractivity contribution in [3.63, 3.8) is 0 Å². The lowest BCUT2D eigenvalue weighted by Gasteiger charge is -2.10. The van der Waals surface area contributed by atoms with Crippen molar-refractivity contribution < 1.29 is 15.0 Å². The van der Waals surface area contributed by atoms with Gasteiger partial charge in [0, 0.05) is 37.5 Å². The van der Waals surface area contributed by atoms with Gasteiger partial charge in [0.2, 0.25) is 5.43 Å². The molecule has 3 heterocycles. The number of carboxylic acid groups (broad SMARTS) is 1. The van der Waals surface area contributed by atoms with Crippen molar-refractivity contribution in [3.8, 4) is 5.75 Å². The summed E-state index contributed by atoms with van der Waals surface area (Å²) in [6.07, 6.45) is 7.80. The Labute approximate surface area is 134 Å². The first-order valence-corrected chi connectivity index (χ1v) is 7.08. The van der Waals surface area contributed by atoms with Crippen LogP contribution >= 0.6 is 0 Å². The molecule has 0 saturated heterocycles. The van der Waals surface area contributed by atoms with E-state index in [0.29, 0.717) is 13.0 Å². The van der Waals surface area contributed by atoms with Crippen LogP contribution in [0.15, 0.2) is 52.7 Å². The molecule has 0 aliphatic heterocycles. The Hall–Kier alpha value is -3.42. The Kier molecular flexibility index (Phi) is 3.87. The molecule has 3 aromatic heterocycles. The molecule has 0 atom stereocenters. The normalized spacial score (nSPS) is 10.8. The van der Waals surface area contributed by atoms with Crippen molar-refractivity contribution in [2.24, 2.45) is 0 Å². The predicted molar refractivity (Wildman–Crippen MR) is 84.5 cm³/mol. The topological polar surface area (TPSA) is 114 Å². The van der Waals surface area contributed by atoms with Crippen LogP contribution in [-0.4, -0.2) is 30.1 Å². The van der Waals surface area contributed by atoms with Crippen LogP contribution in [0.3, 0.4) is 0 Å². The first kappa shape index (κ1) is 15.5. The van der Waals surface area contributed by atoms with E-state index in [4.69, 9.17) is 5.11 Å². The van der Waals surface area contributed by atoms with Gasteiger partial charge in [0.05, 0.1) is 0 Å². The van der Waals surface area contributed by atoms with Gasteiger partial charge in [-0.3, -0.25) is 14.6 Å². The minimum Gasteiger partial charge on any atom is -0.503 e. The molecule has 0 amide bonds. The molecular formula is C16H13N3O5. The summed E-state index contributed by atoms with van der Waals surface area (Å²) in [6, 6.07) is 3.66. The molecule has 0 unspecified atom stereocenters. The molecular weight excluding hydrogens is 314 g/mol. The summed E-state index contributed by atoms with van der Waals surface area (Å²) in [6.45, 7) is 0.329. The van der Waals surface area contributed by atoms with E-state index >= 15 is 0 Å². The lowest BCUT2D eigenvalue weighted by Crippen LogP contribution is -2.26. The molecule has 3 rings (SSSR count). The van der Waals surface area contributed by atoms with E-state index in [1.54, 1.807) is 18.5 Å². The van der Waals surface area contributed by atoms with Gasteiger partial charge in [-0.05, 0) is 18.1 Å². The van der Waals surface area contributed by atoms with Gasteiger partial charge in [-0.1, -0.05) is 6.07 Å². The summed E-state index contributed by atoms with van der Waals surface area (Å²) in [5.41, 5.74) is -1.57. The number of hydrogen-bond donors (Lipinski definition) is 2. The van der Waals surface area contributed by atoms with Crippen molar-refractivity contribution in [1.29, 1.82) is 0 Å². The number of hydrogen-bond acceptors (Lipinski definition) is 5. The SMILES string of the molecule is O=C(O)c1cn2ccn(CCc3cccnc3)c(=O)c2c(O)c1=O. The zero-order chi connectivity index (χ0) is 17.3. The van der Waals surface area contributed by atoms with Gasteiger partial charge >= 0.3 is 5.97 Å². The van der Waals surface area contributed by atoms with E-state index < -0.39 is 28.3 Å². The van der Waals surface area contributed by atoms with Gasteiger partial charge in [0.25, 0.3) is 5.56 Å². The second-order valence-corrected chi connectivity index (χ2v) is 5.19. The molecule has 0 aliphatic rings. The molecule has 0 aliphatic carbocycles. The van der Waals surface area contributed by atoms with Crippen LogP contribution in [0.25, 0.3) is 5.52 Å². The van der Waals surface area contributed by atoms with Crippen LogP contribution in [0.2, 0.25) is 0 Å². The smallest absolute Gasteiger partial charge is 0.341 e. The second-order valence-electron chi connectivity index (χ2n) is 5.19. The first-order valence-electron chi connectivity index (χ1n) is 7.08. The average Bonchev–Trinajstić information content (AvgIpc) is 2.57. The molecule has 8 nitrogen and oxygen atoms in total. The van der Waals surface area contributed by atoms with Gasteiger partial charge in [0.15, 0.2) is 11.3 Å². The van der Waals surface area contributed by atoms with Crippen molar-refractivity contribution in [1.82, 2.24) is 14.0 Å². The van der Waals surface area contributed by atoms with Crippen LogP contribution in [-0.2, 0) is 13.0 Å². The van der Waals surface area contributed by atoms with Crippen LogP contribution < -0.4 is 11.0 Å². The van der Waals surface area contributed by atoms with Crippen LogP contribution in [0.1, 0.15) is 15.9 Å². The van der Waals surface area contributed by atoms with Gasteiger partial charge in [-0.25, -0.2) is 4.79 Å². The number of carbonyl (C=O) groups is 1. The Balaban J connectivity index is 2.06. The molecule has 3 aromatic rings. The fourth-order valence-corrected chi connectivity index (χ4v) is 2.43. The fraction of sp³-hybridized carbons (Fsp3) is 0.125. The Morgan fingerprint density at radius 1 is 1.25 bits per heavy atom. The maximum Gasteiger partial charge on any atom is 0.341 e. The number of aromatic nitrogens is 3. The number of rotatable bonds is 4. The number of fused-ring (bicyclic) bond motifs is 1. The summed E-state index contributed by atoms with van der Waals surface area (Å²) in [5.74, 6) is -2.33. The molecule has 8 heteroatoms. The Morgan fingerprint density at radius 2 is 2.04 bits per heavy atom. The van der Waals surface area contributed by atoms with E-state index in [2.05, 4.69) is 4.98 Å². The van der Waals surface area contributed by atoms with Crippen molar-refractivity contribution in [2.45, 2.75) is 13.0 Å². The minimum absolute atomic E-state index is 0.251. The number of aromatic carboxylic acids is 1. The number of aryl methyl sites for hydroxylation is 2. The quantitative estimate of drug-likeness (QED) is 0.721. The van der Waals surface area contributed by atoms with Gasteiger partial charge in [-0.2, -0.15) is 0 Å². The first-order chi connectivity index (χ1) is 11.5. The third kappa shape index (κ3) is 2.65. The molecule has 0 fully saturated rings. The summed E-state index contributed by atoms with van der Waals surface area (Å²) in [7, 11) is 0. The highest BCUT2D eigenvalue weighted by Crippen LogP contribution is 2.11. The minimum atomic E-state index is -1.47. The highest BCUT2D eigenvalue weighted by atomic mass is 16.4. The van der Waals surface area contributed by atoms with Crippen molar-refractivity contribution in [2.75, 3.05) is 0 Å². The van der Waals surface area contributed by atoms with E-state index in [-0.39, 0.29) is 5.52 Å². The number of carboxylic acids is 1. The number of aromatic hydroxyl groups is 1. The highest BCUT2D eigenvalue weighted by molar-refractivity contribution is 5.88. The van der Waals surface area contributed by atoms with Crippen molar-refractivity contribution in [3.05, 3.63) is 74.8 Å². The Morgan fingerprint density at radius 3 is 2.71 bits per heavy atom. The summed E-state index contributed by atoms with van der Waals surface area (Å²) >= 11 is 0. The zero-order valence-corrected chi connectivity index (χ0v) is 12.4. The summed E-state index contributed by atoms with van der Waals surface area (Å²) < 4.78 is 2.49. The Bertz CT molecular complexity index is 1040. The maximum atomic E-state index is 12.5. The zero-order valence-electron chi connectivity index (χ0n) is 12.4. The third-order valence-corrected chi connectivity index (χ3v) is 3.68. The van der Waals surface area contributed by atoms with Crippen LogP contribution in [0.5, 0.6) is 5.75 Å². The standard InChI is InChI=1S/C16H13N3O5/c20-13-11(16(23)24)9-19-7-6-18(15(22)12(19)14(13)21)5-3-10-2-1-4-17-8-10/h1-2,4,6-9,21H,3,5H2,(H,23,24). The molecule has 0 aromatic carbocycles. The molecule has 0 bridgehead atoms. The molecule has 24 heavy (non-hydrogen) atoms. The van der Waals surface area contributed by atoms with Crippen molar-refractivity contribution >= 4 is 11.5 Å². The van der Waals surface area contributed by atoms with E-state index in [1.807, 2.05) is 6.07 Å². The van der Waals surface area contributed by atoms with Gasteiger partial charge in [0.1, 0.15) is 5.56 Å². The maximum absolute atomic E-state index is 12.5. The molecule has 0 saturated carbocycles. The highest BCUT2D eigenvalue weighted by Gasteiger charge is 2.18. The fourth-order valence-electron chi connectivity index (χ4n) is 2.43. The second kappa shape index (κ2) is 5.99. The molecule has 0 radical (unpaired) electrons. The summed E-state index contributed by atoms with van der Waals surface area (Å²) in [4.78, 5) is 39.4. The van der Waals surface area contributed by atoms with Crippen LogP contribution in [0.4, 0.5) is 0 Å². The summed E-state index contributed by atoms with van der Waals surface area (Å²) in [5, 5.41) is 18.9. The molecule has 0 spiro atoms. The average molecular weight is 327 g/mol. The van der Waals surface area contributed by atoms with E-state index in [9.17, 15) is 19.5 Å². The number of nitrogens with zero attached hydrogens (tertiary/aromatic N) is 3. The molecule has 122 valence electrons. The van der Waals surface area contributed by atoms with E-state index in [0.717, 1.165) is 16.2 Å². The molecule has 2 N–H and O–H groups in total. The van der Waals surface area contributed by atoms with Gasteiger partial charge in [-0.15, -0.1) is 0 Å². The largest absolute Gasteiger partial charge is 0.503 e. The third-order valence-electron chi connectivity index (χ3n) is 3.68. The van der Waals surface area contributed by atoms with Gasteiger partial charge < -0.3 is 19.2 Å².